The molecule has 1 aliphatic heterocycles. The molecule has 9 nitrogen and oxygen atoms in total. The van der Waals surface area contributed by atoms with Crippen LogP contribution >= 0.6 is 0 Å². The lowest BCUT2D eigenvalue weighted by Crippen LogP contribution is -2.48. The summed E-state index contributed by atoms with van der Waals surface area (Å²) in [4.78, 5) is 35.7. The normalized spacial score (nSPS) is 14.1. The summed E-state index contributed by atoms with van der Waals surface area (Å²) in [6, 6.07) is 8.05. The van der Waals surface area contributed by atoms with E-state index in [1.54, 1.807) is 6.92 Å². The molecule has 1 saturated heterocycles. The van der Waals surface area contributed by atoms with E-state index in [0.717, 1.165) is 37.6 Å². The zero-order valence-electron chi connectivity index (χ0n) is 17.0. The van der Waals surface area contributed by atoms with Crippen LogP contribution in [0.15, 0.2) is 30.5 Å². The summed E-state index contributed by atoms with van der Waals surface area (Å²) in [5, 5.41) is 6.27. The fourth-order valence-electron chi connectivity index (χ4n) is 3.17. The van der Waals surface area contributed by atoms with E-state index >= 15 is 0 Å². The Balaban J connectivity index is 1.68. The first-order valence-electron chi connectivity index (χ1n) is 9.64. The van der Waals surface area contributed by atoms with Gasteiger partial charge in [0.15, 0.2) is 0 Å². The van der Waals surface area contributed by atoms with Gasteiger partial charge in [-0.25, -0.2) is 4.98 Å². The van der Waals surface area contributed by atoms with Crippen molar-refractivity contribution < 1.29 is 9.59 Å². The number of anilines is 4. The van der Waals surface area contributed by atoms with E-state index in [-0.39, 0.29) is 17.5 Å². The molecule has 0 aliphatic carbocycles. The maximum absolute atomic E-state index is 11.6. The van der Waals surface area contributed by atoms with Crippen molar-refractivity contribution in [3.05, 3.63) is 36.0 Å². The van der Waals surface area contributed by atoms with Crippen LogP contribution < -0.4 is 21.3 Å². The first-order chi connectivity index (χ1) is 13.8. The molecule has 1 aliphatic rings. The summed E-state index contributed by atoms with van der Waals surface area (Å²) in [6.45, 7) is 8.62. The van der Waals surface area contributed by atoms with Gasteiger partial charge in [0, 0.05) is 56.7 Å². The number of nitrogens with two attached hydrogens (primary N) is 1. The third-order valence-corrected chi connectivity index (χ3v) is 4.69. The summed E-state index contributed by atoms with van der Waals surface area (Å²) in [7, 11) is 0. The SMILES string of the molecule is CC(=O)N1CCN(c2ccc(Nc3ncc(C(N)=O)c(NC(C)C)n3)cc2)CC1. The fraction of sp³-hybridized carbons (Fsp3) is 0.400. The number of primary amides is 1. The first-order valence-corrected chi connectivity index (χ1v) is 9.64. The molecule has 0 atom stereocenters. The Kier molecular flexibility index (Phi) is 6.16. The van der Waals surface area contributed by atoms with Crippen molar-refractivity contribution in [3.8, 4) is 0 Å². The highest BCUT2D eigenvalue weighted by Gasteiger charge is 2.19. The van der Waals surface area contributed by atoms with E-state index in [4.69, 9.17) is 5.73 Å². The van der Waals surface area contributed by atoms with Gasteiger partial charge in [0.05, 0.1) is 5.56 Å². The van der Waals surface area contributed by atoms with Gasteiger partial charge in [0.2, 0.25) is 11.9 Å². The minimum Gasteiger partial charge on any atom is -0.368 e. The lowest BCUT2D eigenvalue weighted by molar-refractivity contribution is -0.129. The number of hydrogen-bond donors (Lipinski definition) is 3. The van der Waals surface area contributed by atoms with Crippen LogP contribution in [0, 0.1) is 0 Å². The van der Waals surface area contributed by atoms with Crippen LogP contribution in [-0.2, 0) is 4.79 Å². The largest absolute Gasteiger partial charge is 0.368 e. The smallest absolute Gasteiger partial charge is 0.254 e. The summed E-state index contributed by atoms with van der Waals surface area (Å²) < 4.78 is 0. The molecule has 1 aromatic heterocycles. The number of hydrogen-bond acceptors (Lipinski definition) is 7. The molecule has 0 saturated carbocycles. The standard InChI is InChI=1S/C20H27N7O2/c1-13(2)23-19-17(18(21)29)12-22-20(25-19)24-15-4-6-16(7-5-15)27-10-8-26(9-11-27)14(3)28/h4-7,12-13H,8-11H2,1-3H3,(H2,21,29)(H2,22,23,24,25). The van der Waals surface area contributed by atoms with Crippen LogP contribution in [0.5, 0.6) is 0 Å². The van der Waals surface area contributed by atoms with Crippen LogP contribution in [-0.4, -0.2) is 58.9 Å². The number of amides is 2. The van der Waals surface area contributed by atoms with Crippen molar-refractivity contribution in [2.24, 2.45) is 5.73 Å². The summed E-state index contributed by atoms with van der Waals surface area (Å²) in [5.41, 5.74) is 7.59. The van der Waals surface area contributed by atoms with Crippen molar-refractivity contribution in [1.29, 1.82) is 0 Å². The maximum atomic E-state index is 11.6. The zero-order chi connectivity index (χ0) is 21.0. The molecule has 4 N–H and O–H groups in total. The first kappa shape index (κ1) is 20.4. The van der Waals surface area contributed by atoms with Gasteiger partial charge < -0.3 is 26.2 Å². The number of rotatable bonds is 6. The molecule has 29 heavy (non-hydrogen) atoms. The van der Waals surface area contributed by atoms with E-state index in [2.05, 4.69) is 25.5 Å². The second-order valence-corrected chi connectivity index (χ2v) is 7.28. The molecule has 2 amide bonds. The van der Waals surface area contributed by atoms with Crippen LogP contribution in [0.4, 0.5) is 23.1 Å². The lowest BCUT2D eigenvalue weighted by atomic mass is 10.2. The summed E-state index contributed by atoms with van der Waals surface area (Å²) in [5.74, 6) is 0.331. The Morgan fingerprint density at radius 3 is 2.31 bits per heavy atom. The third kappa shape index (κ3) is 5.13. The highest BCUT2D eigenvalue weighted by atomic mass is 16.2. The average molecular weight is 397 g/mol. The van der Waals surface area contributed by atoms with Gasteiger partial charge in [-0.15, -0.1) is 0 Å². The molecule has 154 valence electrons. The van der Waals surface area contributed by atoms with E-state index < -0.39 is 5.91 Å². The molecule has 2 aromatic rings. The highest BCUT2D eigenvalue weighted by Crippen LogP contribution is 2.22. The number of aromatic nitrogens is 2. The molecule has 0 spiro atoms. The number of benzene rings is 1. The molecule has 1 aromatic carbocycles. The molecule has 1 fully saturated rings. The minimum atomic E-state index is -0.575. The summed E-state index contributed by atoms with van der Waals surface area (Å²) in [6.07, 6.45) is 1.42. The molecular formula is C20H27N7O2. The van der Waals surface area contributed by atoms with E-state index in [1.165, 1.54) is 6.20 Å². The van der Waals surface area contributed by atoms with Crippen LogP contribution in [0.1, 0.15) is 31.1 Å². The number of nitrogens with zero attached hydrogens (tertiary/aromatic N) is 4. The zero-order valence-corrected chi connectivity index (χ0v) is 17.0. The van der Waals surface area contributed by atoms with Gasteiger partial charge in [0.25, 0.3) is 5.91 Å². The quantitative estimate of drug-likeness (QED) is 0.680. The number of piperazine rings is 1. The van der Waals surface area contributed by atoms with Gasteiger partial charge in [-0.05, 0) is 38.1 Å². The Labute approximate surface area is 170 Å². The predicted octanol–water partition coefficient (Wildman–Crippen LogP) is 1.81. The lowest BCUT2D eigenvalue weighted by Gasteiger charge is -2.35. The van der Waals surface area contributed by atoms with E-state index in [0.29, 0.717) is 11.8 Å². The van der Waals surface area contributed by atoms with Crippen LogP contribution in [0.3, 0.4) is 0 Å². The number of nitrogens with one attached hydrogen (secondary N) is 2. The second-order valence-electron chi connectivity index (χ2n) is 7.28. The maximum Gasteiger partial charge on any atom is 0.254 e. The van der Waals surface area contributed by atoms with Crippen molar-refractivity contribution in [3.63, 3.8) is 0 Å². The highest BCUT2D eigenvalue weighted by molar-refractivity contribution is 5.97. The van der Waals surface area contributed by atoms with Gasteiger partial charge in [-0.1, -0.05) is 0 Å². The molecule has 0 radical (unpaired) electrons. The van der Waals surface area contributed by atoms with E-state index in [9.17, 15) is 9.59 Å². The van der Waals surface area contributed by atoms with E-state index in [1.807, 2.05) is 43.0 Å². The Bertz CT molecular complexity index is 875. The molecule has 0 bridgehead atoms. The van der Waals surface area contributed by atoms with Crippen molar-refractivity contribution >= 4 is 35.0 Å². The fourth-order valence-corrected chi connectivity index (χ4v) is 3.17. The Morgan fingerprint density at radius 1 is 1.10 bits per heavy atom. The van der Waals surface area contributed by atoms with Gasteiger partial charge >= 0.3 is 0 Å². The van der Waals surface area contributed by atoms with Crippen LogP contribution in [0.2, 0.25) is 0 Å². The van der Waals surface area contributed by atoms with Crippen LogP contribution in [0.25, 0.3) is 0 Å². The van der Waals surface area contributed by atoms with Crippen molar-refractivity contribution in [2.75, 3.05) is 41.7 Å². The molecule has 2 heterocycles. The van der Waals surface area contributed by atoms with Gasteiger partial charge in [-0.2, -0.15) is 4.98 Å². The molecule has 9 heteroatoms. The van der Waals surface area contributed by atoms with Gasteiger partial charge in [0.1, 0.15) is 5.82 Å². The molecule has 3 rings (SSSR count). The second kappa shape index (κ2) is 8.76. The topological polar surface area (TPSA) is 116 Å². The molecular weight excluding hydrogens is 370 g/mol. The summed E-state index contributed by atoms with van der Waals surface area (Å²) >= 11 is 0. The average Bonchev–Trinajstić information content (AvgIpc) is 2.68. The minimum absolute atomic E-state index is 0.0959. The monoisotopic (exact) mass is 397 g/mol. The van der Waals surface area contributed by atoms with Crippen molar-refractivity contribution in [1.82, 2.24) is 14.9 Å². The predicted molar refractivity (Wildman–Crippen MR) is 114 cm³/mol. The Morgan fingerprint density at radius 2 is 1.76 bits per heavy atom. The molecule has 0 unspecified atom stereocenters. The van der Waals surface area contributed by atoms with Crippen molar-refractivity contribution in [2.45, 2.75) is 26.8 Å². The number of carbonyl (C=O) groups is 2. The Hall–Kier alpha value is -3.36. The van der Waals surface area contributed by atoms with Gasteiger partial charge in [-0.3, -0.25) is 9.59 Å². The number of carbonyl (C=O) groups excluding carboxylic acids is 2. The third-order valence-electron chi connectivity index (χ3n) is 4.69.